The van der Waals surface area contributed by atoms with Crippen LogP contribution >= 0.6 is 22.9 Å². The summed E-state index contributed by atoms with van der Waals surface area (Å²) in [6.45, 7) is 0.699. The first-order chi connectivity index (χ1) is 8.83. The third kappa shape index (κ3) is 2.33. The molecule has 0 amide bonds. The topological polar surface area (TPSA) is 17.8 Å². The lowest BCUT2D eigenvalue weighted by atomic mass is 10.2. The molecule has 0 aliphatic heterocycles. The van der Waals surface area contributed by atoms with Gasteiger partial charge in [-0.25, -0.2) is 0 Å². The Bertz CT molecular complexity index is 643. The monoisotopic (exact) mass is 274 g/mol. The van der Waals surface area contributed by atoms with E-state index in [0.29, 0.717) is 6.54 Å². The van der Waals surface area contributed by atoms with E-state index in [9.17, 15) is 0 Å². The maximum absolute atomic E-state index is 6.14. The molecule has 2 heterocycles. The predicted octanol–water partition coefficient (Wildman–Crippen LogP) is 4.31. The summed E-state index contributed by atoms with van der Waals surface area (Å²) in [5.74, 6) is 0. The molecule has 4 heteroatoms. The molecule has 2 aromatic heterocycles. The smallest absolute Gasteiger partial charge is 0.102 e. The van der Waals surface area contributed by atoms with Crippen LogP contribution in [0.25, 0.3) is 10.6 Å². The van der Waals surface area contributed by atoms with Gasteiger partial charge in [0.05, 0.1) is 11.4 Å². The average Bonchev–Trinajstić information content (AvgIpc) is 3.02. The summed E-state index contributed by atoms with van der Waals surface area (Å²) in [7, 11) is 0. The molecular formula is C14H11ClN2S. The molecule has 0 saturated heterocycles. The van der Waals surface area contributed by atoms with E-state index in [-0.39, 0.29) is 0 Å². The number of nitrogens with zero attached hydrogens (tertiary/aromatic N) is 2. The highest BCUT2D eigenvalue weighted by Gasteiger charge is 2.05. The number of rotatable bonds is 3. The Labute approximate surface area is 114 Å². The highest BCUT2D eigenvalue weighted by atomic mass is 35.5. The number of hydrogen-bond donors (Lipinski definition) is 0. The summed E-state index contributed by atoms with van der Waals surface area (Å²) in [5.41, 5.74) is 2.09. The summed E-state index contributed by atoms with van der Waals surface area (Å²) < 4.78 is 1.91. The Kier molecular flexibility index (Phi) is 3.17. The molecule has 1 aromatic carbocycles. The van der Waals surface area contributed by atoms with Crippen LogP contribution in [-0.2, 0) is 6.54 Å². The molecule has 0 saturated carbocycles. The van der Waals surface area contributed by atoms with Gasteiger partial charge in [-0.1, -0.05) is 35.9 Å². The van der Waals surface area contributed by atoms with Crippen LogP contribution in [0.5, 0.6) is 0 Å². The summed E-state index contributed by atoms with van der Waals surface area (Å²) >= 11 is 7.84. The molecule has 0 bridgehead atoms. The first-order valence-corrected chi connectivity index (χ1v) is 6.89. The van der Waals surface area contributed by atoms with Crippen molar-refractivity contribution in [1.82, 2.24) is 9.78 Å². The lowest BCUT2D eigenvalue weighted by molar-refractivity contribution is 0.690. The number of benzene rings is 1. The van der Waals surface area contributed by atoms with Crippen LogP contribution in [0.3, 0.4) is 0 Å². The highest BCUT2D eigenvalue weighted by molar-refractivity contribution is 7.13. The van der Waals surface area contributed by atoms with E-state index in [0.717, 1.165) is 16.3 Å². The van der Waals surface area contributed by atoms with E-state index in [1.807, 2.05) is 47.3 Å². The molecule has 2 nitrogen and oxygen atoms in total. The van der Waals surface area contributed by atoms with E-state index in [1.54, 1.807) is 11.3 Å². The predicted molar refractivity (Wildman–Crippen MR) is 76.1 cm³/mol. The van der Waals surface area contributed by atoms with Crippen LogP contribution in [0.4, 0.5) is 0 Å². The van der Waals surface area contributed by atoms with Crippen molar-refractivity contribution in [2.24, 2.45) is 0 Å². The molecular weight excluding hydrogens is 264 g/mol. The first-order valence-electron chi connectivity index (χ1n) is 5.64. The fraction of sp³-hybridized carbons (Fsp3) is 0.0714. The lowest BCUT2D eigenvalue weighted by Crippen LogP contribution is -2.00. The van der Waals surface area contributed by atoms with Crippen molar-refractivity contribution in [1.29, 1.82) is 0 Å². The van der Waals surface area contributed by atoms with Gasteiger partial charge >= 0.3 is 0 Å². The highest BCUT2D eigenvalue weighted by Crippen LogP contribution is 2.23. The molecule has 3 rings (SSSR count). The number of thiophene rings is 1. The molecule has 0 aliphatic carbocycles. The summed E-state index contributed by atoms with van der Waals surface area (Å²) in [6, 6.07) is 14.0. The summed E-state index contributed by atoms with van der Waals surface area (Å²) in [6.07, 6.45) is 1.98. The molecule has 0 spiro atoms. The average molecular weight is 275 g/mol. The second-order valence-electron chi connectivity index (χ2n) is 3.97. The molecule has 0 unspecified atom stereocenters. The lowest BCUT2D eigenvalue weighted by Gasteiger charge is -2.03. The Morgan fingerprint density at radius 2 is 2.00 bits per heavy atom. The van der Waals surface area contributed by atoms with Gasteiger partial charge in [0.2, 0.25) is 0 Å². The van der Waals surface area contributed by atoms with Crippen LogP contribution in [0.1, 0.15) is 5.56 Å². The van der Waals surface area contributed by atoms with E-state index >= 15 is 0 Å². The van der Waals surface area contributed by atoms with Crippen molar-refractivity contribution in [3.8, 4) is 10.6 Å². The molecule has 0 aliphatic rings. The second kappa shape index (κ2) is 4.96. The van der Waals surface area contributed by atoms with Gasteiger partial charge in [-0.15, -0.1) is 11.3 Å². The van der Waals surface area contributed by atoms with Crippen LogP contribution < -0.4 is 0 Å². The molecule has 0 N–H and O–H groups in total. The minimum absolute atomic E-state index is 0.699. The van der Waals surface area contributed by atoms with E-state index in [2.05, 4.69) is 16.5 Å². The Hall–Kier alpha value is -1.58. The number of hydrogen-bond acceptors (Lipinski definition) is 2. The van der Waals surface area contributed by atoms with E-state index < -0.39 is 0 Å². The molecule has 3 aromatic rings. The van der Waals surface area contributed by atoms with Gasteiger partial charge in [0.1, 0.15) is 5.69 Å². The van der Waals surface area contributed by atoms with E-state index in [1.165, 1.54) is 4.88 Å². The largest absolute Gasteiger partial charge is 0.268 e. The zero-order valence-corrected chi connectivity index (χ0v) is 11.2. The quantitative estimate of drug-likeness (QED) is 0.696. The van der Waals surface area contributed by atoms with Crippen molar-refractivity contribution in [3.05, 3.63) is 64.6 Å². The van der Waals surface area contributed by atoms with Crippen molar-refractivity contribution < 1.29 is 0 Å². The van der Waals surface area contributed by atoms with Crippen LogP contribution in [0, 0.1) is 0 Å². The molecule has 0 atom stereocenters. The maximum Gasteiger partial charge on any atom is 0.102 e. The minimum Gasteiger partial charge on any atom is -0.268 e. The fourth-order valence-electron chi connectivity index (χ4n) is 1.81. The summed E-state index contributed by atoms with van der Waals surface area (Å²) in [5, 5.41) is 7.40. The van der Waals surface area contributed by atoms with Crippen molar-refractivity contribution >= 4 is 22.9 Å². The first kappa shape index (κ1) is 11.5. The van der Waals surface area contributed by atoms with Gasteiger partial charge in [-0.2, -0.15) is 5.10 Å². The van der Waals surface area contributed by atoms with Crippen molar-refractivity contribution in [2.45, 2.75) is 6.54 Å². The van der Waals surface area contributed by atoms with Crippen LogP contribution in [-0.4, -0.2) is 9.78 Å². The summed E-state index contributed by atoms with van der Waals surface area (Å²) in [4.78, 5) is 1.19. The molecule has 0 fully saturated rings. The van der Waals surface area contributed by atoms with Gasteiger partial charge in [0.25, 0.3) is 0 Å². The van der Waals surface area contributed by atoms with Crippen molar-refractivity contribution in [2.75, 3.05) is 0 Å². The second-order valence-corrected chi connectivity index (χ2v) is 5.32. The third-order valence-electron chi connectivity index (χ3n) is 2.70. The minimum atomic E-state index is 0.699. The van der Waals surface area contributed by atoms with Gasteiger partial charge < -0.3 is 0 Å². The van der Waals surface area contributed by atoms with Crippen LogP contribution in [0.15, 0.2) is 54.0 Å². The van der Waals surface area contributed by atoms with E-state index in [4.69, 9.17) is 11.6 Å². The third-order valence-corrected chi connectivity index (χ3v) is 3.97. The van der Waals surface area contributed by atoms with Gasteiger partial charge in [0.15, 0.2) is 0 Å². The zero-order valence-electron chi connectivity index (χ0n) is 9.58. The van der Waals surface area contributed by atoms with Crippen molar-refractivity contribution in [3.63, 3.8) is 0 Å². The number of halogens is 1. The molecule has 0 radical (unpaired) electrons. The standard InChI is InChI=1S/C14H11ClN2S/c15-12-5-2-1-4-11(12)10-17-8-7-13(16-17)14-6-3-9-18-14/h1-9H,10H2. The zero-order chi connectivity index (χ0) is 12.4. The SMILES string of the molecule is Clc1ccccc1Cn1ccc(-c2cccs2)n1. The van der Waals surface area contributed by atoms with Gasteiger partial charge in [0, 0.05) is 11.2 Å². The normalized spacial score (nSPS) is 10.7. The van der Waals surface area contributed by atoms with Crippen LogP contribution in [0.2, 0.25) is 5.02 Å². The molecule has 90 valence electrons. The maximum atomic E-state index is 6.14. The Morgan fingerprint density at radius 1 is 1.11 bits per heavy atom. The van der Waals surface area contributed by atoms with Gasteiger partial charge in [-0.3, -0.25) is 4.68 Å². The number of aromatic nitrogens is 2. The molecule has 18 heavy (non-hydrogen) atoms. The Balaban J connectivity index is 1.85. The fourth-order valence-corrected chi connectivity index (χ4v) is 2.69. The van der Waals surface area contributed by atoms with Gasteiger partial charge in [-0.05, 0) is 29.1 Å². The Morgan fingerprint density at radius 3 is 2.78 bits per heavy atom.